The minimum absolute atomic E-state index is 0.145. The zero-order chi connectivity index (χ0) is 15.4. The molecule has 7 heteroatoms. The van der Waals surface area contributed by atoms with E-state index >= 15 is 0 Å². The van der Waals surface area contributed by atoms with Crippen LogP contribution in [0.15, 0.2) is 41.0 Å². The number of furan rings is 1. The molecule has 0 unspecified atom stereocenters. The lowest BCUT2D eigenvalue weighted by Gasteiger charge is -2.19. The van der Waals surface area contributed by atoms with E-state index < -0.39 is 10.8 Å². The lowest BCUT2D eigenvalue weighted by molar-refractivity contribution is -0.385. The monoisotopic (exact) mass is 290 g/mol. The Morgan fingerprint density at radius 1 is 1.43 bits per heavy atom. The predicted molar refractivity (Wildman–Crippen MR) is 73.9 cm³/mol. The number of aromatic hydroxyl groups is 1. The van der Waals surface area contributed by atoms with Crippen molar-refractivity contribution in [3.05, 3.63) is 58.0 Å². The Morgan fingerprint density at radius 2 is 2.19 bits per heavy atom. The Balaban J connectivity index is 2.33. The molecule has 21 heavy (non-hydrogen) atoms. The van der Waals surface area contributed by atoms with Gasteiger partial charge in [0, 0.05) is 12.6 Å². The van der Waals surface area contributed by atoms with Crippen molar-refractivity contribution in [2.45, 2.75) is 13.5 Å². The van der Waals surface area contributed by atoms with Crippen LogP contribution in [0.3, 0.4) is 0 Å². The summed E-state index contributed by atoms with van der Waals surface area (Å²) >= 11 is 0. The third-order valence-corrected chi connectivity index (χ3v) is 3.00. The van der Waals surface area contributed by atoms with E-state index in [-0.39, 0.29) is 23.5 Å². The third kappa shape index (κ3) is 3.19. The first-order valence-corrected chi connectivity index (χ1v) is 6.32. The number of hydrogen-bond donors (Lipinski definition) is 1. The average molecular weight is 290 g/mol. The standard InChI is InChI=1S/C14H14N2O5/c1-2-15(9-11-4-3-7-21-11)14(18)12-8-10(17)5-6-13(12)16(19)20/h3-8,17H,2,9H2,1H3. The van der Waals surface area contributed by atoms with Crippen molar-refractivity contribution < 1.29 is 19.2 Å². The van der Waals surface area contributed by atoms with E-state index in [0.717, 1.165) is 12.1 Å². The van der Waals surface area contributed by atoms with Gasteiger partial charge in [0.05, 0.1) is 17.7 Å². The molecule has 0 saturated carbocycles. The summed E-state index contributed by atoms with van der Waals surface area (Å²) in [6.07, 6.45) is 1.49. The second kappa shape index (κ2) is 6.08. The van der Waals surface area contributed by atoms with Gasteiger partial charge in [0.25, 0.3) is 11.6 Å². The molecule has 110 valence electrons. The van der Waals surface area contributed by atoms with Crippen LogP contribution in [0.2, 0.25) is 0 Å². The largest absolute Gasteiger partial charge is 0.508 e. The molecule has 0 saturated heterocycles. The molecule has 1 N–H and O–H groups in total. The zero-order valence-electron chi connectivity index (χ0n) is 11.4. The molecular weight excluding hydrogens is 276 g/mol. The molecule has 1 amide bonds. The quantitative estimate of drug-likeness (QED) is 0.674. The number of hydrogen-bond acceptors (Lipinski definition) is 5. The Hall–Kier alpha value is -2.83. The van der Waals surface area contributed by atoms with Crippen LogP contribution in [0.5, 0.6) is 5.75 Å². The fourth-order valence-electron chi connectivity index (χ4n) is 1.94. The highest BCUT2D eigenvalue weighted by Crippen LogP contribution is 2.25. The van der Waals surface area contributed by atoms with E-state index in [0.29, 0.717) is 12.3 Å². The molecule has 1 aromatic heterocycles. The van der Waals surface area contributed by atoms with Crippen molar-refractivity contribution in [1.82, 2.24) is 4.90 Å². The van der Waals surface area contributed by atoms with Crippen molar-refractivity contribution in [2.75, 3.05) is 6.54 Å². The summed E-state index contributed by atoms with van der Waals surface area (Å²) in [6, 6.07) is 6.81. The molecule has 2 rings (SSSR count). The average Bonchev–Trinajstić information content (AvgIpc) is 2.96. The van der Waals surface area contributed by atoms with Crippen LogP contribution < -0.4 is 0 Å². The Bertz CT molecular complexity index is 651. The lowest BCUT2D eigenvalue weighted by Crippen LogP contribution is -2.30. The van der Waals surface area contributed by atoms with Crippen molar-refractivity contribution in [3.63, 3.8) is 0 Å². The van der Waals surface area contributed by atoms with Gasteiger partial charge in [0.2, 0.25) is 0 Å². The molecule has 0 fully saturated rings. The van der Waals surface area contributed by atoms with Gasteiger partial charge in [-0.05, 0) is 31.2 Å². The summed E-state index contributed by atoms with van der Waals surface area (Å²) in [5, 5.41) is 20.5. The SMILES string of the molecule is CCN(Cc1ccco1)C(=O)c1cc(O)ccc1[N+](=O)[O-]. The summed E-state index contributed by atoms with van der Waals surface area (Å²) < 4.78 is 5.18. The number of nitro groups is 1. The van der Waals surface area contributed by atoms with E-state index in [1.807, 2.05) is 0 Å². The maximum Gasteiger partial charge on any atom is 0.282 e. The first-order valence-electron chi connectivity index (χ1n) is 6.32. The second-order valence-corrected chi connectivity index (χ2v) is 4.36. The lowest BCUT2D eigenvalue weighted by atomic mass is 10.1. The van der Waals surface area contributed by atoms with Crippen LogP contribution in [0.4, 0.5) is 5.69 Å². The summed E-state index contributed by atoms with van der Waals surface area (Å²) in [5.74, 6) is -0.150. The number of nitro benzene ring substituents is 1. The molecule has 1 aromatic carbocycles. The summed E-state index contributed by atoms with van der Waals surface area (Å²) in [4.78, 5) is 24.2. The summed E-state index contributed by atoms with van der Waals surface area (Å²) in [7, 11) is 0. The second-order valence-electron chi connectivity index (χ2n) is 4.36. The fraction of sp³-hybridized carbons (Fsp3) is 0.214. The number of phenolic OH excluding ortho intramolecular Hbond substituents is 1. The van der Waals surface area contributed by atoms with Gasteiger partial charge in [0.15, 0.2) is 0 Å². The first kappa shape index (κ1) is 14.6. The highest BCUT2D eigenvalue weighted by Gasteiger charge is 2.25. The number of carbonyl (C=O) groups is 1. The van der Waals surface area contributed by atoms with Gasteiger partial charge in [-0.1, -0.05) is 0 Å². The molecule has 0 bridgehead atoms. The van der Waals surface area contributed by atoms with E-state index in [9.17, 15) is 20.0 Å². The minimum Gasteiger partial charge on any atom is -0.508 e. The van der Waals surface area contributed by atoms with Crippen LogP contribution in [0, 0.1) is 10.1 Å². The van der Waals surface area contributed by atoms with Crippen LogP contribution in [0.25, 0.3) is 0 Å². The van der Waals surface area contributed by atoms with Crippen LogP contribution in [-0.2, 0) is 6.54 Å². The van der Waals surface area contributed by atoms with Gasteiger partial charge in [-0.2, -0.15) is 0 Å². The Morgan fingerprint density at radius 3 is 2.76 bits per heavy atom. The highest BCUT2D eigenvalue weighted by molar-refractivity contribution is 5.98. The van der Waals surface area contributed by atoms with Gasteiger partial charge < -0.3 is 14.4 Å². The van der Waals surface area contributed by atoms with Crippen molar-refractivity contribution in [1.29, 1.82) is 0 Å². The summed E-state index contributed by atoms with van der Waals surface area (Å²) in [5.41, 5.74) is -0.482. The number of rotatable bonds is 5. The molecule has 0 aliphatic rings. The topological polar surface area (TPSA) is 96.8 Å². The maximum atomic E-state index is 12.4. The Labute approximate surface area is 120 Å². The molecular formula is C14H14N2O5. The van der Waals surface area contributed by atoms with E-state index in [1.165, 1.54) is 17.2 Å². The molecule has 0 aliphatic carbocycles. The third-order valence-electron chi connectivity index (χ3n) is 3.00. The van der Waals surface area contributed by atoms with Crippen LogP contribution >= 0.6 is 0 Å². The number of carbonyl (C=O) groups excluding carboxylic acids is 1. The highest BCUT2D eigenvalue weighted by atomic mass is 16.6. The van der Waals surface area contributed by atoms with E-state index in [2.05, 4.69) is 0 Å². The molecule has 0 aliphatic heterocycles. The predicted octanol–water partition coefficient (Wildman–Crippen LogP) is 2.56. The number of amides is 1. The molecule has 0 spiro atoms. The normalized spacial score (nSPS) is 10.3. The Kier molecular flexibility index (Phi) is 4.22. The van der Waals surface area contributed by atoms with Crippen molar-refractivity contribution in [2.24, 2.45) is 0 Å². The first-order chi connectivity index (χ1) is 10.0. The molecule has 7 nitrogen and oxygen atoms in total. The molecule has 0 atom stereocenters. The number of benzene rings is 1. The summed E-state index contributed by atoms with van der Waals surface area (Å²) in [6.45, 7) is 2.32. The van der Waals surface area contributed by atoms with Gasteiger partial charge in [0.1, 0.15) is 17.1 Å². The number of nitrogens with zero attached hydrogens (tertiary/aromatic N) is 2. The van der Waals surface area contributed by atoms with E-state index in [1.54, 1.807) is 19.1 Å². The zero-order valence-corrected chi connectivity index (χ0v) is 11.4. The van der Waals surface area contributed by atoms with Gasteiger partial charge in [-0.15, -0.1) is 0 Å². The van der Waals surface area contributed by atoms with Crippen LogP contribution in [-0.4, -0.2) is 27.4 Å². The maximum absolute atomic E-state index is 12.4. The molecule has 1 heterocycles. The molecule has 2 aromatic rings. The van der Waals surface area contributed by atoms with Gasteiger partial charge in [-0.25, -0.2) is 0 Å². The van der Waals surface area contributed by atoms with Crippen molar-refractivity contribution in [3.8, 4) is 5.75 Å². The van der Waals surface area contributed by atoms with Crippen LogP contribution in [0.1, 0.15) is 23.0 Å². The van der Waals surface area contributed by atoms with Gasteiger partial charge in [-0.3, -0.25) is 14.9 Å². The van der Waals surface area contributed by atoms with E-state index in [4.69, 9.17) is 4.42 Å². The fourth-order valence-corrected chi connectivity index (χ4v) is 1.94. The molecule has 0 radical (unpaired) electrons. The van der Waals surface area contributed by atoms with Crippen molar-refractivity contribution >= 4 is 11.6 Å². The minimum atomic E-state index is -0.645. The van der Waals surface area contributed by atoms with Gasteiger partial charge >= 0.3 is 0 Å². The smallest absolute Gasteiger partial charge is 0.282 e. The number of phenols is 1.